The van der Waals surface area contributed by atoms with E-state index < -0.39 is 17.7 Å². The third-order valence-electron chi connectivity index (χ3n) is 9.37. The van der Waals surface area contributed by atoms with E-state index in [1.54, 1.807) is 51.2 Å². The van der Waals surface area contributed by atoms with Crippen molar-refractivity contribution >= 4 is 52.5 Å². The SMILES string of the molecule is CC[C@@]1(OC(=O)OCc2ccc(NC(=O)CNC)cc2)C(=O)OCC(C=O)=C1/C=C1/c2nc3ccccc3c(CCN(C(C)=O)C(C)C)c2CN1C. The van der Waals surface area contributed by atoms with E-state index in [2.05, 4.69) is 10.6 Å². The van der Waals surface area contributed by atoms with E-state index in [0.29, 0.717) is 48.4 Å². The van der Waals surface area contributed by atoms with Gasteiger partial charge in [-0.15, -0.1) is 0 Å². The normalized spacial score (nSPS) is 17.6. The summed E-state index contributed by atoms with van der Waals surface area (Å²) in [5.41, 5.74) is 3.66. The van der Waals surface area contributed by atoms with Gasteiger partial charge in [0.15, 0.2) is 0 Å². The number of carbonyl (C=O) groups is 5. The number of anilines is 1. The molecule has 274 valence electrons. The number of likely N-dealkylation sites (N-methyl/N-ethyl adjacent to an activating group) is 1. The van der Waals surface area contributed by atoms with Crippen molar-refractivity contribution in [1.29, 1.82) is 0 Å². The number of rotatable bonds is 13. The molecule has 2 amide bonds. The zero-order chi connectivity index (χ0) is 37.6. The molecule has 52 heavy (non-hydrogen) atoms. The van der Waals surface area contributed by atoms with Gasteiger partial charge in [0.05, 0.1) is 23.5 Å². The van der Waals surface area contributed by atoms with Crippen LogP contribution in [0, 0.1) is 0 Å². The molecule has 0 saturated carbocycles. The summed E-state index contributed by atoms with van der Waals surface area (Å²) in [6, 6.07) is 14.6. The van der Waals surface area contributed by atoms with Crippen LogP contribution in [0.4, 0.5) is 10.5 Å². The average molecular weight is 712 g/mol. The number of amides is 2. The number of nitrogens with one attached hydrogen (secondary N) is 2. The monoisotopic (exact) mass is 711 g/mol. The summed E-state index contributed by atoms with van der Waals surface area (Å²) >= 11 is 0. The number of aromatic nitrogens is 1. The molecule has 13 heteroatoms. The van der Waals surface area contributed by atoms with Crippen LogP contribution in [0.3, 0.4) is 0 Å². The van der Waals surface area contributed by atoms with Gasteiger partial charge in [-0.05, 0) is 69.1 Å². The third-order valence-corrected chi connectivity index (χ3v) is 9.37. The highest BCUT2D eigenvalue weighted by molar-refractivity contribution is 5.95. The lowest BCUT2D eigenvalue weighted by Gasteiger charge is -2.35. The number of fused-ring (bicyclic) bond motifs is 2. The second kappa shape index (κ2) is 16.2. The minimum Gasteiger partial charge on any atom is -0.457 e. The fraction of sp³-hybridized carbons (Fsp3) is 0.385. The number of carbonyl (C=O) groups excluding carboxylic acids is 5. The highest BCUT2D eigenvalue weighted by Crippen LogP contribution is 2.41. The number of aldehydes is 1. The molecular weight excluding hydrogens is 666 g/mol. The first-order valence-electron chi connectivity index (χ1n) is 17.3. The zero-order valence-corrected chi connectivity index (χ0v) is 30.4. The number of hydrogen-bond donors (Lipinski definition) is 2. The molecule has 0 unspecified atom stereocenters. The summed E-state index contributed by atoms with van der Waals surface area (Å²) in [5.74, 6) is -1.03. The van der Waals surface area contributed by atoms with E-state index >= 15 is 0 Å². The number of benzene rings is 2. The Morgan fingerprint density at radius 2 is 1.87 bits per heavy atom. The van der Waals surface area contributed by atoms with Crippen LogP contribution < -0.4 is 10.6 Å². The number of ether oxygens (including phenoxy) is 3. The Labute approximate surface area is 303 Å². The highest BCUT2D eigenvalue weighted by Gasteiger charge is 2.50. The average Bonchev–Trinajstić information content (AvgIpc) is 3.42. The predicted octanol–water partition coefficient (Wildman–Crippen LogP) is 4.53. The van der Waals surface area contributed by atoms with Gasteiger partial charge in [-0.2, -0.15) is 0 Å². The van der Waals surface area contributed by atoms with Crippen molar-refractivity contribution in [2.45, 2.75) is 65.3 Å². The maximum atomic E-state index is 13.6. The molecule has 2 aliphatic rings. The quantitative estimate of drug-likeness (QED) is 0.190. The van der Waals surface area contributed by atoms with Gasteiger partial charge < -0.3 is 34.6 Å². The molecule has 0 spiro atoms. The number of esters is 1. The van der Waals surface area contributed by atoms with Crippen LogP contribution in [-0.4, -0.2) is 90.4 Å². The van der Waals surface area contributed by atoms with E-state index in [1.807, 2.05) is 55.0 Å². The topological polar surface area (TPSA) is 156 Å². The van der Waals surface area contributed by atoms with Crippen LogP contribution in [0.2, 0.25) is 0 Å². The second-order valence-corrected chi connectivity index (χ2v) is 13.1. The molecule has 1 atom stereocenters. The molecule has 5 rings (SSSR count). The molecule has 3 heterocycles. The van der Waals surface area contributed by atoms with Crippen LogP contribution in [0.25, 0.3) is 16.6 Å². The van der Waals surface area contributed by atoms with E-state index in [1.165, 1.54) is 0 Å². The van der Waals surface area contributed by atoms with Crippen LogP contribution in [-0.2, 0) is 53.0 Å². The van der Waals surface area contributed by atoms with Crippen molar-refractivity contribution in [3.8, 4) is 0 Å². The first-order chi connectivity index (χ1) is 24.9. The smallest absolute Gasteiger partial charge is 0.457 e. The summed E-state index contributed by atoms with van der Waals surface area (Å²) in [6.45, 7) is 7.92. The van der Waals surface area contributed by atoms with Gasteiger partial charge in [0, 0.05) is 60.9 Å². The molecule has 2 aromatic carbocycles. The lowest BCUT2D eigenvalue weighted by molar-refractivity contribution is -0.165. The summed E-state index contributed by atoms with van der Waals surface area (Å²) in [4.78, 5) is 72.4. The van der Waals surface area contributed by atoms with Crippen molar-refractivity contribution in [2.24, 2.45) is 0 Å². The molecule has 0 radical (unpaired) electrons. The van der Waals surface area contributed by atoms with Crippen LogP contribution >= 0.6 is 0 Å². The molecule has 2 N–H and O–H groups in total. The third kappa shape index (κ3) is 7.84. The van der Waals surface area contributed by atoms with Gasteiger partial charge in [-0.3, -0.25) is 14.4 Å². The van der Waals surface area contributed by atoms with Gasteiger partial charge in [0.2, 0.25) is 17.4 Å². The maximum absolute atomic E-state index is 13.6. The molecule has 1 aromatic heterocycles. The Kier molecular flexibility index (Phi) is 11.7. The summed E-state index contributed by atoms with van der Waals surface area (Å²) in [6.07, 6.45) is 1.73. The van der Waals surface area contributed by atoms with Gasteiger partial charge in [0.1, 0.15) is 19.5 Å². The molecule has 2 aliphatic heterocycles. The zero-order valence-electron chi connectivity index (χ0n) is 30.4. The largest absolute Gasteiger partial charge is 0.510 e. The predicted molar refractivity (Wildman–Crippen MR) is 195 cm³/mol. The summed E-state index contributed by atoms with van der Waals surface area (Å²) in [7, 11) is 3.56. The van der Waals surface area contributed by atoms with Crippen LogP contribution in [0.5, 0.6) is 0 Å². The standard InChI is InChI=1S/C39H45N5O8/c1-7-39(52-38(49)51-22-26-12-14-28(15-13-26)41-35(47)19-40-5)32(27(21-45)23-50-37(39)48)18-34-36-31(20-43(34)6)29(16-17-44(24(2)3)25(4)46)30-10-8-9-11-33(30)42-36/h8-15,18,21,24,40H,7,16-17,19-20,22-23H2,1-6H3,(H,41,47)/b34-18-/t39-/m0/s1. The van der Waals surface area contributed by atoms with Gasteiger partial charge in [-0.25, -0.2) is 14.6 Å². The van der Waals surface area contributed by atoms with Gasteiger partial charge >= 0.3 is 12.1 Å². The molecule has 13 nitrogen and oxygen atoms in total. The van der Waals surface area contributed by atoms with E-state index in [4.69, 9.17) is 19.2 Å². The lowest BCUT2D eigenvalue weighted by atomic mass is 9.84. The molecule has 0 bridgehead atoms. The molecule has 3 aromatic rings. The minimum atomic E-state index is -1.97. The fourth-order valence-corrected chi connectivity index (χ4v) is 6.70. The Hall–Kier alpha value is -5.56. The first kappa shape index (κ1) is 37.7. The minimum absolute atomic E-state index is 0.00156. The molecule has 0 saturated heterocycles. The first-order valence-corrected chi connectivity index (χ1v) is 17.3. The van der Waals surface area contributed by atoms with Crippen LogP contribution in [0.15, 0.2) is 65.8 Å². The Bertz CT molecular complexity index is 1940. The number of nitrogens with zero attached hydrogens (tertiary/aromatic N) is 3. The molecule has 0 aliphatic carbocycles. The second-order valence-electron chi connectivity index (χ2n) is 13.1. The highest BCUT2D eigenvalue weighted by atomic mass is 16.7. The molecular formula is C39H45N5O8. The number of para-hydroxylation sites is 1. The Balaban J connectivity index is 1.47. The van der Waals surface area contributed by atoms with E-state index in [-0.39, 0.29) is 55.2 Å². The van der Waals surface area contributed by atoms with Crippen molar-refractivity contribution < 1.29 is 38.2 Å². The lowest BCUT2D eigenvalue weighted by Crippen LogP contribution is -2.49. The Morgan fingerprint density at radius 3 is 2.52 bits per heavy atom. The van der Waals surface area contributed by atoms with Gasteiger partial charge in [0.25, 0.3) is 0 Å². The van der Waals surface area contributed by atoms with Crippen molar-refractivity contribution in [3.63, 3.8) is 0 Å². The maximum Gasteiger partial charge on any atom is 0.510 e. The van der Waals surface area contributed by atoms with Crippen molar-refractivity contribution in [1.82, 2.24) is 20.1 Å². The van der Waals surface area contributed by atoms with E-state index in [0.717, 1.165) is 22.0 Å². The Morgan fingerprint density at radius 1 is 1.13 bits per heavy atom. The summed E-state index contributed by atoms with van der Waals surface area (Å²) < 4.78 is 16.6. The van der Waals surface area contributed by atoms with Crippen molar-refractivity contribution in [2.75, 3.05) is 39.1 Å². The van der Waals surface area contributed by atoms with E-state index in [9.17, 15) is 24.0 Å². The number of cyclic esters (lactones) is 1. The van der Waals surface area contributed by atoms with Crippen LogP contribution in [0.1, 0.15) is 56.5 Å². The number of hydrogen-bond acceptors (Lipinski definition) is 11. The van der Waals surface area contributed by atoms with Crippen molar-refractivity contribution in [3.05, 3.63) is 88.1 Å². The fourth-order valence-electron chi connectivity index (χ4n) is 6.70. The summed E-state index contributed by atoms with van der Waals surface area (Å²) in [5, 5.41) is 6.51. The molecule has 0 fully saturated rings. The number of pyridine rings is 1. The van der Waals surface area contributed by atoms with Gasteiger partial charge in [-0.1, -0.05) is 37.3 Å².